The number of hydrogen-bond acceptors (Lipinski definition) is 4. The molecule has 0 aliphatic heterocycles. The van der Waals surface area contributed by atoms with E-state index >= 15 is 0 Å². The maximum absolute atomic E-state index is 6.81. The minimum atomic E-state index is 0.0480. The molecule has 0 saturated heterocycles. The normalized spacial score (nSPS) is 8.75. The summed E-state index contributed by atoms with van der Waals surface area (Å²) in [7, 11) is 1.49. The Hall–Kier alpha value is -0.610. The third kappa shape index (κ3) is 3.58. The number of ether oxygens (including phenoxy) is 2. The number of methoxy groups -OCH3 is 1. The molecule has 0 aromatic carbocycles. The van der Waals surface area contributed by atoms with E-state index in [0.29, 0.717) is 0 Å². The van der Waals surface area contributed by atoms with Crippen LogP contribution in [0.5, 0.6) is 0 Å². The van der Waals surface area contributed by atoms with Crippen LogP contribution in [0.3, 0.4) is 0 Å². The third-order valence-electron chi connectivity index (χ3n) is 0.536. The number of nitrogens with one attached hydrogen (secondary N) is 1. The Labute approximate surface area is 48.1 Å². The van der Waals surface area contributed by atoms with Crippen LogP contribution < -0.4 is 5.73 Å². The second-order valence-electron chi connectivity index (χ2n) is 1.18. The van der Waals surface area contributed by atoms with E-state index in [1.54, 1.807) is 0 Å². The van der Waals surface area contributed by atoms with Gasteiger partial charge in [0.1, 0.15) is 0 Å². The van der Waals surface area contributed by atoms with Crippen molar-refractivity contribution in [3.05, 3.63) is 0 Å². The summed E-state index contributed by atoms with van der Waals surface area (Å²) < 4.78 is 9.07. The van der Waals surface area contributed by atoms with Crippen LogP contribution in [0.15, 0.2) is 0 Å². The zero-order chi connectivity index (χ0) is 6.41. The zero-order valence-electron chi connectivity index (χ0n) is 4.81. The quantitative estimate of drug-likeness (QED) is 0.299. The van der Waals surface area contributed by atoms with Gasteiger partial charge < -0.3 is 15.2 Å². The van der Waals surface area contributed by atoms with E-state index in [-0.39, 0.29) is 19.2 Å². The molecule has 0 fully saturated rings. The van der Waals surface area contributed by atoms with E-state index in [2.05, 4.69) is 9.47 Å². The van der Waals surface area contributed by atoms with Crippen LogP contribution in [-0.2, 0) is 9.47 Å². The van der Waals surface area contributed by atoms with E-state index in [1.807, 2.05) is 0 Å². The fourth-order valence-electron chi connectivity index (χ4n) is 0.189. The van der Waals surface area contributed by atoms with Gasteiger partial charge in [-0.05, 0) is 0 Å². The second kappa shape index (κ2) is 4.55. The van der Waals surface area contributed by atoms with E-state index < -0.39 is 0 Å². The van der Waals surface area contributed by atoms with Gasteiger partial charge in [0, 0.05) is 7.11 Å². The van der Waals surface area contributed by atoms with Crippen molar-refractivity contribution in [2.45, 2.75) is 0 Å². The fraction of sp³-hybridized carbons (Fsp3) is 0.750. The molecule has 0 amide bonds. The molecule has 4 heteroatoms. The zero-order valence-corrected chi connectivity index (χ0v) is 4.81. The van der Waals surface area contributed by atoms with Crippen molar-refractivity contribution in [2.75, 3.05) is 20.4 Å². The lowest BCUT2D eigenvalue weighted by Gasteiger charge is -2.01. The first-order valence-electron chi connectivity index (χ1n) is 2.20. The first kappa shape index (κ1) is 7.39. The second-order valence-corrected chi connectivity index (χ2v) is 1.18. The van der Waals surface area contributed by atoms with Crippen LogP contribution in [0, 0.1) is 5.41 Å². The van der Waals surface area contributed by atoms with Crippen molar-refractivity contribution < 1.29 is 9.47 Å². The molecule has 0 unspecified atom stereocenters. The molecule has 0 aromatic heterocycles. The monoisotopic (exact) mass is 118 g/mol. The summed E-state index contributed by atoms with van der Waals surface area (Å²) >= 11 is 0. The number of rotatable bonds is 3. The topological polar surface area (TPSA) is 68.3 Å². The van der Waals surface area contributed by atoms with Gasteiger partial charge in [0.2, 0.25) is 0 Å². The molecule has 48 valence electrons. The van der Waals surface area contributed by atoms with Crippen molar-refractivity contribution in [1.82, 2.24) is 0 Å². The lowest BCUT2D eigenvalue weighted by atomic mass is 10.7. The Balaban J connectivity index is 2.99. The van der Waals surface area contributed by atoms with Gasteiger partial charge >= 0.3 is 0 Å². The summed E-state index contributed by atoms with van der Waals surface area (Å²) in [6, 6.07) is 0. The molecule has 0 saturated carbocycles. The largest absolute Gasteiger partial charge is 0.454 e. The van der Waals surface area contributed by atoms with Crippen molar-refractivity contribution in [1.29, 1.82) is 5.41 Å². The summed E-state index contributed by atoms with van der Waals surface area (Å²) in [6.45, 7) is 0.236. The van der Waals surface area contributed by atoms with E-state index in [9.17, 15) is 0 Å². The van der Waals surface area contributed by atoms with E-state index in [1.165, 1.54) is 7.11 Å². The smallest absolute Gasteiger partial charge is 0.197 e. The Morgan fingerprint density at radius 3 is 2.75 bits per heavy atom. The molecule has 4 nitrogen and oxygen atoms in total. The molecular weight excluding hydrogens is 108 g/mol. The highest BCUT2D eigenvalue weighted by atomic mass is 16.7. The van der Waals surface area contributed by atoms with Crippen molar-refractivity contribution in [3.63, 3.8) is 0 Å². The number of nitrogens with two attached hydrogens (primary N) is 1. The SMILES string of the molecule is COCOC(=N)CN. The molecule has 0 heterocycles. The molecule has 0 radical (unpaired) electrons. The third-order valence-corrected chi connectivity index (χ3v) is 0.536. The summed E-state index contributed by atoms with van der Waals surface area (Å²) in [5.74, 6) is 0.0480. The van der Waals surface area contributed by atoms with Gasteiger partial charge in [-0.15, -0.1) is 0 Å². The average Bonchev–Trinajstić information content (AvgIpc) is 1.83. The van der Waals surface area contributed by atoms with Gasteiger partial charge in [-0.25, -0.2) is 0 Å². The average molecular weight is 118 g/mol. The molecule has 0 rings (SSSR count). The van der Waals surface area contributed by atoms with Crippen LogP contribution in [-0.4, -0.2) is 26.3 Å². The van der Waals surface area contributed by atoms with Gasteiger partial charge in [0.15, 0.2) is 12.7 Å². The lowest BCUT2D eigenvalue weighted by Crippen LogP contribution is -2.16. The molecule has 0 bridgehead atoms. The summed E-state index contributed by atoms with van der Waals surface area (Å²) in [4.78, 5) is 0. The number of hydrogen-bond donors (Lipinski definition) is 2. The molecule has 0 aliphatic carbocycles. The first-order valence-corrected chi connectivity index (χ1v) is 2.20. The molecule has 3 N–H and O–H groups in total. The Kier molecular flexibility index (Phi) is 4.20. The highest BCUT2D eigenvalue weighted by molar-refractivity contribution is 5.74. The Morgan fingerprint density at radius 2 is 2.38 bits per heavy atom. The summed E-state index contributed by atoms with van der Waals surface area (Å²) in [5.41, 5.74) is 5.01. The first-order chi connectivity index (χ1) is 3.81. The van der Waals surface area contributed by atoms with Gasteiger partial charge in [0.25, 0.3) is 0 Å². The highest BCUT2D eigenvalue weighted by Gasteiger charge is 1.88. The van der Waals surface area contributed by atoms with E-state index in [0.717, 1.165) is 0 Å². The molecule has 0 aromatic rings. The summed E-state index contributed by atoms with van der Waals surface area (Å²) in [6.07, 6.45) is 0. The fourth-order valence-corrected chi connectivity index (χ4v) is 0.189. The predicted octanol–water partition coefficient (Wildman–Crippen LogP) is -0.457. The molecule has 0 spiro atoms. The van der Waals surface area contributed by atoms with Gasteiger partial charge in [-0.2, -0.15) is 0 Å². The van der Waals surface area contributed by atoms with Gasteiger partial charge in [-0.1, -0.05) is 0 Å². The van der Waals surface area contributed by atoms with Crippen LogP contribution in [0.25, 0.3) is 0 Å². The Bertz CT molecular complexity index is 74.4. The predicted molar refractivity (Wildman–Crippen MR) is 29.7 cm³/mol. The minimum Gasteiger partial charge on any atom is -0.454 e. The van der Waals surface area contributed by atoms with E-state index in [4.69, 9.17) is 11.1 Å². The lowest BCUT2D eigenvalue weighted by molar-refractivity contribution is 0.0404. The minimum absolute atomic E-state index is 0.0480. The molecule has 0 atom stereocenters. The van der Waals surface area contributed by atoms with Gasteiger partial charge in [-0.3, -0.25) is 5.41 Å². The maximum atomic E-state index is 6.81. The molecule has 8 heavy (non-hydrogen) atoms. The Morgan fingerprint density at radius 1 is 1.75 bits per heavy atom. The van der Waals surface area contributed by atoms with Gasteiger partial charge in [0.05, 0.1) is 6.54 Å². The standard InChI is InChI=1S/C4H10N2O2/c1-7-3-8-4(6)2-5/h6H,2-3,5H2,1H3. The summed E-state index contributed by atoms with van der Waals surface area (Å²) in [5, 5.41) is 6.81. The van der Waals surface area contributed by atoms with Crippen molar-refractivity contribution in [2.24, 2.45) is 5.73 Å². The van der Waals surface area contributed by atoms with Crippen LogP contribution in [0.4, 0.5) is 0 Å². The molecule has 0 aliphatic rings. The van der Waals surface area contributed by atoms with Crippen molar-refractivity contribution in [3.8, 4) is 0 Å². The van der Waals surface area contributed by atoms with Crippen molar-refractivity contribution >= 4 is 5.90 Å². The molecular formula is C4H10N2O2. The van der Waals surface area contributed by atoms with Crippen LogP contribution >= 0.6 is 0 Å². The van der Waals surface area contributed by atoms with Crippen LogP contribution in [0.2, 0.25) is 0 Å². The highest BCUT2D eigenvalue weighted by Crippen LogP contribution is 1.74. The van der Waals surface area contributed by atoms with Crippen LogP contribution in [0.1, 0.15) is 0 Å². The maximum Gasteiger partial charge on any atom is 0.197 e.